The summed E-state index contributed by atoms with van der Waals surface area (Å²) >= 11 is 0. The van der Waals surface area contributed by atoms with Gasteiger partial charge in [0.1, 0.15) is 5.76 Å². The zero-order valence-corrected chi connectivity index (χ0v) is 11.7. The molecule has 1 aliphatic heterocycles. The average molecular weight is 280 g/mol. The van der Waals surface area contributed by atoms with Crippen LogP contribution in [0.4, 0.5) is 0 Å². The maximum absolute atomic E-state index is 12.2. The van der Waals surface area contributed by atoms with Crippen molar-refractivity contribution in [1.29, 1.82) is 0 Å². The van der Waals surface area contributed by atoms with Gasteiger partial charge in [0.15, 0.2) is 11.6 Å². The number of piperazine rings is 1. The van der Waals surface area contributed by atoms with Crippen LogP contribution >= 0.6 is 0 Å². The predicted molar refractivity (Wildman–Crippen MR) is 73.8 cm³/mol. The molecule has 0 spiro atoms. The maximum atomic E-state index is 12.2. The number of hydrogen-bond donors (Lipinski definition) is 2. The van der Waals surface area contributed by atoms with Crippen LogP contribution in [0.25, 0.3) is 0 Å². The van der Waals surface area contributed by atoms with Crippen molar-refractivity contribution in [3.8, 4) is 0 Å². The first-order valence-electron chi connectivity index (χ1n) is 6.60. The van der Waals surface area contributed by atoms with Gasteiger partial charge in [-0.1, -0.05) is 5.16 Å². The predicted octanol–water partition coefficient (Wildman–Crippen LogP) is 0.481. The molecule has 110 valence electrons. The summed E-state index contributed by atoms with van der Waals surface area (Å²) in [6.45, 7) is 6.25. The summed E-state index contributed by atoms with van der Waals surface area (Å²) in [4.78, 5) is 16.0. The number of carbonyl (C=O) groups excluding carboxylic acids is 1. The Labute approximate surface area is 117 Å². The number of hydrogen-bond acceptors (Lipinski definition) is 5. The van der Waals surface area contributed by atoms with E-state index < -0.39 is 0 Å². The largest absolute Gasteiger partial charge is 0.456 e. The maximum Gasteiger partial charge on any atom is 0.289 e. The van der Waals surface area contributed by atoms with Gasteiger partial charge in [-0.2, -0.15) is 0 Å². The second-order valence-electron chi connectivity index (χ2n) is 4.94. The molecule has 0 aromatic carbocycles. The first-order chi connectivity index (χ1) is 9.52. The second kappa shape index (κ2) is 5.96. The zero-order valence-electron chi connectivity index (χ0n) is 11.7. The molecule has 2 heterocycles. The smallest absolute Gasteiger partial charge is 0.289 e. The van der Waals surface area contributed by atoms with Crippen molar-refractivity contribution in [2.24, 2.45) is 10.9 Å². The van der Waals surface area contributed by atoms with E-state index in [1.165, 1.54) is 0 Å². The molecule has 20 heavy (non-hydrogen) atoms. The summed E-state index contributed by atoms with van der Waals surface area (Å²) in [5.74, 6) is 1.20. The minimum absolute atomic E-state index is 0.0887. The van der Waals surface area contributed by atoms with Crippen molar-refractivity contribution in [2.45, 2.75) is 19.9 Å². The van der Waals surface area contributed by atoms with Gasteiger partial charge in [-0.25, -0.2) is 0 Å². The summed E-state index contributed by atoms with van der Waals surface area (Å²) in [5.41, 5.74) is 5.60. The summed E-state index contributed by atoms with van der Waals surface area (Å²) in [6, 6.07) is 3.34. The number of nitrogens with two attached hydrogens (primary N) is 1. The van der Waals surface area contributed by atoms with E-state index in [0.717, 1.165) is 5.76 Å². The number of aryl methyl sites for hydroxylation is 1. The van der Waals surface area contributed by atoms with Gasteiger partial charge in [0.05, 0.1) is 6.04 Å². The van der Waals surface area contributed by atoms with Gasteiger partial charge in [0.2, 0.25) is 0 Å². The lowest BCUT2D eigenvalue weighted by Crippen LogP contribution is -2.54. The molecule has 0 aliphatic carbocycles. The van der Waals surface area contributed by atoms with Gasteiger partial charge < -0.3 is 20.3 Å². The SMILES string of the molecule is Cc1ccc(C(=O)N2CCN(C(C)C(N)=NO)CC2)o1. The Balaban J connectivity index is 1.93. The van der Waals surface area contributed by atoms with Crippen molar-refractivity contribution >= 4 is 11.7 Å². The third-order valence-corrected chi connectivity index (χ3v) is 3.64. The number of oxime groups is 1. The van der Waals surface area contributed by atoms with E-state index >= 15 is 0 Å². The Morgan fingerprint density at radius 3 is 2.55 bits per heavy atom. The van der Waals surface area contributed by atoms with E-state index in [4.69, 9.17) is 15.4 Å². The molecule has 0 radical (unpaired) electrons. The lowest BCUT2D eigenvalue weighted by atomic mass is 10.2. The molecule has 7 heteroatoms. The Hall–Kier alpha value is -2.02. The number of furan rings is 1. The Morgan fingerprint density at radius 1 is 1.40 bits per heavy atom. The number of amidine groups is 1. The lowest BCUT2D eigenvalue weighted by Gasteiger charge is -2.37. The minimum Gasteiger partial charge on any atom is -0.456 e. The van der Waals surface area contributed by atoms with E-state index in [0.29, 0.717) is 31.9 Å². The highest BCUT2D eigenvalue weighted by molar-refractivity contribution is 5.91. The fourth-order valence-corrected chi connectivity index (χ4v) is 2.29. The van der Waals surface area contributed by atoms with Gasteiger partial charge in [0.25, 0.3) is 5.91 Å². The van der Waals surface area contributed by atoms with E-state index in [2.05, 4.69) is 10.1 Å². The molecule has 1 aliphatic rings. The van der Waals surface area contributed by atoms with Crippen LogP contribution in [0.1, 0.15) is 23.2 Å². The highest BCUT2D eigenvalue weighted by Crippen LogP contribution is 2.13. The minimum atomic E-state index is -0.136. The van der Waals surface area contributed by atoms with Crippen LogP contribution in [0.2, 0.25) is 0 Å². The monoisotopic (exact) mass is 280 g/mol. The first-order valence-corrected chi connectivity index (χ1v) is 6.60. The van der Waals surface area contributed by atoms with E-state index in [-0.39, 0.29) is 17.8 Å². The van der Waals surface area contributed by atoms with Crippen LogP contribution in [-0.2, 0) is 0 Å². The third-order valence-electron chi connectivity index (χ3n) is 3.64. The summed E-state index contributed by atoms with van der Waals surface area (Å²) in [7, 11) is 0. The van der Waals surface area contributed by atoms with Crippen molar-refractivity contribution < 1.29 is 14.4 Å². The molecular weight excluding hydrogens is 260 g/mol. The summed E-state index contributed by atoms with van der Waals surface area (Å²) in [6.07, 6.45) is 0. The highest BCUT2D eigenvalue weighted by Gasteiger charge is 2.27. The molecule has 1 amide bonds. The standard InChI is InChI=1S/C13H20N4O3/c1-9-3-4-11(20-9)13(18)17-7-5-16(6-8-17)10(2)12(14)15-19/h3-4,10,19H,5-8H2,1-2H3,(H2,14,15). The van der Waals surface area contributed by atoms with Crippen LogP contribution in [0.15, 0.2) is 21.7 Å². The van der Waals surface area contributed by atoms with Crippen molar-refractivity contribution in [2.75, 3.05) is 26.2 Å². The van der Waals surface area contributed by atoms with Crippen LogP contribution in [0.5, 0.6) is 0 Å². The molecule has 2 rings (SSSR count). The molecular formula is C13H20N4O3. The summed E-state index contributed by atoms with van der Waals surface area (Å²) < 4.78 is 5.35. The van der Waals surface area contributed by atoms with Gasteiger partial charge >= 0.3 is 0 Å². The Morgan fingerprint density at radius 2 is 2.05 bits per heavy atom. The Bertz CT molecular complexity index is 503. The molecule has 1 aromatic rings. The number of amides is 1. The van der Waals surface area contributed by atoms with Gasteiger partial charge in [-0.05, 0) is 26.0 Å². The number of rotatable bonds is 3. The van der Waals surface area contributed by atoms with Crippen LogP contribution in [-0.4, -0.2) is 59.0 Å². The molecule has 0 bridgehead atoms. The van der Waals surface area contributed by atoms with Crippen molar-refractivity contribution in [1.82, 2.24) is 9.80 Å². The normalized spacial score (nSPS) is 19.1. The Kier molecular flexibility index (Phi) is 4.29. The van der Waals surface area contributed by atoms with Crippen LogP contribution in [0.3, 0.4) is 0 Å². The fraction of sp³-hybridized carbons (Fsp3) is 0.538. The summed E-state index contributed by atoms with van der Waals surface area (Å²) in [5, 5.41) is 11.7. The second-order valence-corrected chi connectivity index (χ2v) is 4.94. The lowest BCUT2D eigenvalue weighted by molar-refractivity contribution is 0.0587. The highest BCUT2D eigenvalue weighted by atomic mass is 16.4. The fourth-order valence-electron chi connectivity index (χ4n) is 2.29. The number of carbonyl (C=O) groups is 1. The van der Waals surface area contributed by atoms with E-state index in [9.17, 15) is 4.79 Å². The zero-order chi connectivity index (χ0) is 14.7. The average Bonchev–Trinajstić information content (AvgIpc) is 2.91. The van der Waals surface area contributed by atoms with Crippen molar-refractivity contribution in [3.05, 3.63) is 23.7 Å². The molecule has 1 unspecified atom stereocenters. The molecule has 0 saturated carbocycles. The molecule has 3 N–H and O–H groups in total. The van der Waals surface area contributed by atoms with E-state index in [1.54, 1.807) is 17.0 Å². The van der Waals surface area contributed by atoms with Gasteiger partial charge in [-0.15, -0.1) is 0 Å². The van der Waals surface area contributed by atoms with Gasteiger partial charge in [0, 0.05) is 26.2 Å². The first kappa shape index (κ1) is 14.4. The molecule has 1 atom stereocenters. The third kappa shape index (κ3) is 2.93. The quantitative estimate of drug-likeness (QED) is 0.363. The molecule has 1 fully saturated rings. The van der Waals surface area contributed by atoms with E-state index in [1.807, 2.05) is 13.8 Å². The topological polar surface area (TPSA) is 95.3 Å². The number of nitrogens with zero attached hydrogens (tertiary/aromatic N) is 3. The molecule has 7 nitrogen and oxygen atoms in total. The van der Waals surface area contributed by atoms with Crippen LogP contribution < -0.4 is 5.73 Å². The molecule has 1 aromatic heterocycles. The van der Waals surface area contributed by atoms with Gasteiger partial charge in [-0.3, -0.25) is 9.69 Å². The van der Waals surface area contributed by atoms with Crippen LogP contribution in [0, 0.1) is 6.92 Å². The van der Waals surface area contributed by atoms with Crippen molar-refractivity contribution in [3.63, 3.8) is 0 Å². The molecule has 1 saturated heterocycles.